The number of aliphatic hydroxyl groups excluding tert-OH is 1. The summed E-state index contributed by atoms with van der Waals surface area (Å²) in [5, 5.41) is 15.6. The summed E-state index contributed by atoms with van der Waals surface area (Å²) in [5.74, 6) is 4.36. The van der Waals surface area contributed by atoms with Gasteiger partial charge in [0.25, 0.3) is 5.91 Å². The first-order chi connectivity index (χ1) is 5.77. The number of aliphatic hydroxyl groups is 1. The van der Waals surface area contributed by atoms with Crippen LogP contribution in [-0.4, -0.2) is 32.6 Å². The molecule has 1 aromatic rings. The van der Waals surface area contributed by atoms with E-state index in [0.29, 0.717) is 6.54 Å². The fourth-order valence-corrected chi connectivity index (χ4v) is 0.688. The number of hydrazine groups is 1. The van der Waals surface area contributed by atoms with Crippen molar-refractivity contribution in [1.82, 2.24) is 20.4 Å². The monoisotopic (exact) mass is 171 g/mol. The SMILES string of the molecule is NNC(=O)c1cn(CCO)nn1. The normalized spacial score (nSPS) is 9.83. The van der Waals surface area contributed by atoms with Crippen LogP contribution in [0.15, 0.2) is 6.20 Å². The minimum atomic E-state index is -0.501. The molecule has 0 spiro atoms. The summed E-state index contributed by atoms with van der Waals surface area (Å²) >= 11 is 0. The van der Waals surface area contributed by atoms with Gasteiger partial charge in [0.2, 0.25) is 0 Å². The minimum absolute atomic E-state index is 0.0486. The molecule has 0 aliphatic rings. The number of amides is 1. The largest absolute Gasteiger partial charge is 0.394 e. The molecule has 0 aliphatic heterocycles. The van der Waals surface area contributed by atoms with Crippen LogP contribution < -0.4 is 11.3 Å². The Morgan fingerprint density at radius 1 is 1.83 bits per heavy atom. The van der Waals surface area contributed by atoms with Crippen molar-refractivity contribution in [2.75, 3.05) is 6.61 Å². The number of nitrogen functional groups attached to an aromatic ring is 1. The van der Waals surface area contributed by atoms with Crippen molar-refractivity contribution in [1.29, 1.82) is 0 Å². The molecule has 0 radical (unpaired) electrons. The quantitative estimate of drug-likeness (QED) is 0.274. The van der Waals surface area contributed by atoms with Crippen molar-refractivity contribution in [3.63, 3.8) is 0 Å². The molecule has 4 N–H and O–H groups in total. The zero-order valence-corrected chi connectivity index (χ0v) is 6.27. The number of nitrogens with zero attached hydrogens (tertiary/aromatic N) is 3. The van der Waals surface area contributed by atoms with Crippen LogP contribution in [-0.2, 0) is 6.54 Å². The van der Waals surface area contributed by atoms with Gasteiger partial charge in [-0.15, -0.1) is 5.10 Å². The highest BCUT2D eigenvalue weighted by atomic mass is 16.3. The Morgan fingerprint density at radius 3 is 3.17 bits per heavy atom. The zero-order chi connectivity index (χ0) is 8.97. The molecule has 12 heavy (non-hydrogen) atoms. The first-order valence-electron chi connectivity index (χ1n) is 3.30. The van der Waals surface area contributed by atoms with Crippen LogP contribution >= 0.6 is 0 Å². The maximum Gasteiger partial charge on any atom is 0.287 e. The highest BCUT2D eigenvalue weighted by Gasteiger charge is 2.07. The summed E-state index contributed by atoms with van der Waals surface area (Å²) in [6.45, 7) is 0.262. The molecule has 0 bridgehead atoms. The standard InChI is InChI=1S/C5H9N5O2/c6-7-5(12)4-3-10(1-2-11)9-8-4/h3,11H,1-2,6H2,(H,7,12). The molecule has 0 fully saturated rings. The molecule has 0 aliphatic carbocycles. The lowest BCUT2D eigenvalue weighted by Gasteiger charge is -1.92. The Balaban J connectivity index is 2.70. The molecular formula is C5H9N5O2. The summed E-state index contributed by atoms with van der Waals surface area (Å²) in [5.41, 5.74) is 2.05. The topological polar surface area (TPSA) is 106 Å². The number of carbonyl (C=O) groups excluding carboxylic acids is 1. The Bertz CT molecular complexity index is 271. The average Bonchev–Trinajstić information content (AvgIpc) is 2.52. The van der Waals surface area contributed by atoms with E-state index in [1.54, 1.807) is 0 Å². The second-order valence-electron chi connectivity index (χ2n) is 2.06. The van der Waals surface area contributed by atoms with E-state index in [2.05, 4.69) is 10.3 Å². The summed E-state index contributed by atoms with van der Waals surface area (Å²) < 4.78 is 1.35. The van der Waals surface area contributed by atoms with Crippen LogP contribution in [0, 0.1) is 0 Å². The predicted molar refractivity (Wildman–Crippen MR) is 38.8 cm³/mol. The molecule has 7 nitrogen and oxygen atoms in total. The highest BCUT2D eigenvalue weighted by Crippen LogP contribution is 1.91. The number of carbonyl (C=O) groups is 1. The van der Waals surface area contributed by atoms with E-state index >= 15 is 0 Å². The van der Waals surface area contributed by atoms with Gasteiger partial charge in [-0.1, -0.05) is 5.21 Å². The lowest BCUT2D eigenvalue weighted by atomic mass is 10.4. The Kier molecular flexibility index (Phi) is 2.72. The number of hydrogen-bond acceptors (Lipinski definition) is 5. The smallest absolute Gasteiger partial charge is 0.287 e. The first-order valence-corrected chi connectivity index (χ1v) is 3.30. The highest BCUT2D eigenvalue weighted by molar-refractivity contribution is 5.91. The number of rotatable bonds is 3. The second kappa shape index (κ2) is 3.79. The van der Waals surface area contributed by atoms with E-state index in [0.717, 1.165) is 0 Å². The second-order valence-corrected chi connectivity index (χ2v) is 2.06. The number of nitrogens with one attached hydrogen (secondary N) is 1. The van der Waals surface area contributed by atoms with Crippen molar-refractivity contribution < 1.29 is 9.90 Å². The molecule has 1 aromatic heterocycles. The third-order valence-corrected chi connectivity index (χ3v) is 1.23. The van der Waals surface area contributed by atoms with Gasteiger partial charge in [-0.3, -0.25) is 10.2 Å². The van der Waals surface area contributed by atoms with E-state index in [9.17, 15) is 4.79 Å². The van der Waals surface area contributed by atoms with Crippen molar-refractivity contribution >= 4 is 5.91 Å². The van der Waals surface area contributed by atoms with E-state index in [4.69, 9.17) is 10.9 Å². The van der Waals surface area contributed by atoms with Crippen molar-refractivity contribution in [3.05, 3.63) is 11.9 Å². The minimum Gasteiger partial charge on any atom is -0.394 e. The van der Waals surface area contributed by atoms with Crippen LogP contribution in [0.1, 0.15) is 10.5 Å². The van der Waals surface area contributed by atoms with Gasteiger partial charge in [0, 0.05) is 0 Å². The molecule has 1 heterocycles. The third-order valence-electron chi connectivity index (χ3n) is 1.23. The lowest BCUT2D eigenvalue weighted by Crippen LogP contribution is -2.30. The average molecular weight is 171 g/mol. The fourth-order valence-electron chi connectivity index (χ4n) is 0.688. The van der Waals surface area contributed by atoms with Crippen LogP contribution in [0.2, 0.25) is 0 Å². The van der Waals surface area contributed by atoms with Crippen LogP contribution in [0.25, 0.3) is 0 Å². The van der Waals surface area contributed by atoms with Crippen molar-refractivity contribution in [3.8, 4) is 0 Å². The van der Waals surface area contributed by atoms with Gasteiger partial charge < -0.3 is 5.11 Å². The summed E-state index contributed by atoms with van der Waals surface area (Å²) in [7, 11) is 0. The molecule has 0 atom stereocenters. The maximum atomic E-state index is 10.8. The molecule has 1 rings (SSSR count). The Hall–Kier alpha value is -1.47. The van der Waals surface area contributed by atoms with E-state index < -0.39 is 5.91 Å². The van der Waals surface area contributed by atoms with Crippen molar-refractivity contribution in [2.24, 2.45) is 5.84 Å². The molecule has 0 unspecified atom stereocenters. The lowest BCUT2D eigenvalue weighted by molar-refractivity contribution is 0.0948. The fraction of sp³-hybridized carbons (Fsp3) is 0.400. The van der Waals surface area contributed by atoms with E-state index in [1.807, 2.05) is 5.43 Å². The van der Waals surface area contributed by atoms with Gasteiger partial charge >= 0.3 is 0 Å². The Labute approximate surface area is 68.1 Å². The van der Waals surface area contributed by atoms with Crippen LogP contribution in [0.3, 0.4) is 0 Å². The Morgan fingerprint density at radius 2 is 2.58 bits per heavy atom. The molecule has 0 aromatic carbocycles. The van der Waals surface area contributed by atoms with Gasteiger partial charge in [-0.2, -0.15) is 0 Å². The molecule has 66 valence electrons. The third kappa shape index (κ3) is 1.77. The van der Waals surface area contributed by atoms with Gasteiger partial charge in [0.05, 0.1) is 19.3 Å². The number of nitrogens with two attached hydrogens (primary N) is 1. The van der Waals surface area contributed by atoms with Gasteiger partial charge in [0.15, 0.2) is 5.69 Å². The predicted octanol–water partition coefficient (Wildman–Crippen LogP) is -2.13. The van der Waals surface area contributed by atoms with E-state index in [-0.39, 0.29) is 12.3 Å². The molecule has 0 saturated carbocycles. The van der Waals surface area contributed by atoms with Crippen LogP contribution in [0.4, 0.5) is 0 Å². The number of aromatic nitrogens is 3. The van der Waals surface area contributed by atoms with Gasteiger partial charge in [0.1, 0.15) is 0 Å². The summed E-state index contributed by atoms with van der Waals surface area (Å²) in [6, 6.07) is 0. The number of hydrogen-bond donors (Lipinski definition) is 3. The first kappa shape index (κ1) is 8.62. The molecule has 7 heteroatoms. The van der Waals surface area contributed by atoms with Gasteiger partial charge in [-0.25, -0.2) is 10.5 Å². The zero-order valence-electron chi connectivity index (χ0n) is 6.27. The molecule has 1 amide bonds. The summed E-state index contributed by atoms with van der Waals surface area (Å²) in [4.78, 5) is 10.8. The maximum absolute atomic E-state index is 10.8. The van der Waals surface area contributed by atoms with Crippen LogP contribution in [0.5, 0.6) is 0 Å². The van der Waals surface area contributed by atoms with Crippen molar-refractivity contribution in [2.45, 2.75) is 6.54 Å². The van der Waals surface area contributed by atoms with Gasteiger partial charge in [-0.05, 0) is 0 Å². The molecule has 0 saturated heterocycles. The molecular weight excluding hydrogens is 162 g/mol. The van der Waals surface area contributed by atoms with E-state index in [1.165, 1.54) is 10.9 Å². The summed E-state index contributed by atoms with van der Waals surface area (Å²) in [6.07, 6.45) is 1.40.